The van der Waals surface area contributed by atoms with Gasteiger partial charge in [-0.05, 0) is 49.4 Å². The molecule has 5 aromatic rings. The Balaban J connectivity index is 1.97. The van der Waals surface area contributed by atoms with E-state index in [0.717, 1.165) is 50.0 Å². The number of nitrogens with one attached hydrogen (secondary N) is 1. The third-order valence-corrected chi connectivity index (χ3v) is 6.91. The van der Waals surface area contributed by atoms with Crippen LogP contribution < -0.4 is 15.8 Å². The number of hydrogen-bond acceptors (Lipinski definition) is 4. The molecule has 6 rings (SSSR count). The predicted octanol–water partition coefficient (Wildman–Crippen LogP) is 4.33. The Bertz CT molecular complexity index is 1680. The van der Waals surface area contributed by atoms with E-state index in [0.29, 0.717) is 35.0 Å². The summed E-state index contributed by atoms with van der Waals surface area (Å²) in [7, 11) is 3.59. The zero-order valence-electron chi connectivity index (χ0n) is 18.2. The van der Waals surface area contributed by atoms with Crippen LogP contribution in [0.15, 0.2) is 36.4 Å². The molecule has 0 saturated carbocycles. The number of aromatic nitrogens is 2. The number of nitrogens with two attached hydrogens (primary N) is 1. The molecule has 1 aliphatic heterocycles. The van der Waals surface area contributed by atoms with Crippen LogP contribution in [0.4, 0.5) is 0 Å². The van der Waals surface area contributed by atoms with Gasteiger partial charge in [0.25, 0.3) is 11.8 Å². The molecule has 0 saturated heterocycles. The van der Waals surface area contributed by atoms with E-state index in [1.807, 2.05) is 43.4 Å². The van der Waals surface area contributed by atoms with Gasteiger partial charge < -0.3 is 19.6 Å². The molecule has 2 aromatic heterocycles. The molecule has 0 aliphatic carbocycles. The number of hydrogen-bond donors (Lipinski definition) is 2. The molecule has 0 unspecified atom stereocenters. The molecule has 3 heterocycles. The van der Waals surface area contributed by atoms with Crippen LogP contribution in [-0.4, -0.2) is 34.6 Å². The van der Waals surface area contributed by atoms with Gasteiger partial charge >= 0.3 is 0 Å². The van der Waals surface area contributed by atoms with Crippen molar-refractivity contribution in [3.63, 3.8) is 0 Å². The lowest BCUT2D eigenvalue weighted by molar-refractivity contribution is 0.0880. The number of imide groups is 1. The van der Waals surface area contributed by atoms with E-state index in [-0.39, 0.29) is 11.8 Å². The molecule has 3 aromatic carbocycles. The summed E-state index contributed by atoms with van der Waals surface area (Å²) in [6.45, 7) is 1.21. The van der Waals surface area contributed by atoms with E-state index in [1.165, 1.54) is 0 Å². The highest BCUT2D eigenvalue weighted by molar-refractivity contribution is 6.40. The molecule has 33 heavy (non-hydrogen) atoms. The first kappa shape index (κ1) is 20.1. The fraction of sp³-hybridized carbons (Fsp3) is 0.200. The van der Waals surface area contributed by atoms with Gasteiger partial charge in [0.05, 0.1) is 29.3 Å². The highest BCUT2D eigenvalue weighted by atomic mass is 35.5. The average molecular weight is 461 g/mol. The van der Waals surface area contributed by atoms with E-state index < -0.39 is 0 Å². The van der Waals surface area contributed by atoms with Crippen LogP contribution in [0.2, 0.25) is 5.02 Å². The maximum absolute atomic E-state index is 13.1. The summed E-state index contributed by atoms with van der Waals surface area (Å²) < 4.78 is 9.75. The third-order valence-electron chi connectivity index (χ3n) is 6.67. The molecule has 0 spiro atoms. The number of ether oxygens (including phenoxy) is 1. The number of aryl methyl sites for hydroxylation is 2. The number of nitrogens with zero attached hydrogens (tertiary/aromatic N) is 2. The quantitative estimate of drug-likeness (QED) is 0.390. The molecule has 7 nitrogen and oxygen atoms in total. The predicted molar refractivity (Wildman–Crippen MR) is 130 cm³/mol. The molecule has 3 N–H and O–H groups in total. The number of amides is 2. The molecule has 8 heteroatoms. The molecule has 0 bridgehead atoms. The maximum Gasteiger partial charge on any atom is 0.259 e. The van der Waals surface area contributed by atoms with Crippen LogP contribution in [0.1, 0.15) is 27.1 Å². The van der Waals surface area contributed by atoms with Gasteiger partial charge in [-0.25, -0.2) is 0 Å². The summed E-state index contributed by atoms with van der Waals surface area (Å²) in [6.07, 6.45) is 0.767. The van der Waals surface area contributed by atoms with Gasteiger partial charge in [0.1, 0.15) is 5.75 Å². The van der Waals surface area contributed by atoms with Crippen LogP contribution >= 0.6 is 11.6 Å². The fourth-order valence-corrected chi connectivity index (χ4v) is 5.49. The normalized spacial score (nSPS) is 13.6. The van der Waals surface area contributed by atoms with E-state index in [1.54, 1.807) is 7.11 Å². The van der Waals surface area contributed by atoms with Crippen molar-refractivity contribution in [1.82, 2.24) is 14.5 Å². The second-order valence-corrected chi connectivity index (χ2v) is 8.81. The lowest BCUT2D eigenvalue weighted by Crippen LogP contribution is -2.20. The van der Waals surface area contributed by atoms with Gasteiger partial charge in [0, 0.05) is 51.2 Å². The average Bonchev–Trinajstić information content (AvgIpc) is 3.39. The highest BCUT2D eigenvalue weighted by Gasteiger charge is 2.36. The van der Waals surface area contributed by atoms with Gasteiger partial charge in [0.15, 0.2) is 0 Å². The van der Waals surface area contributed by atoms with Crippen molar-refractivity contribution in [2.45, 2.75) is 13.0 Å². The zero-order chi connectivity index (χ0) is 23.0. The minimum Gasteiger partial charge on any atom is -0.497 e. The molecule has 0 atom stereocenters. The van der Waals surface area contributed by atoms with E-state index in [4.69, 9.17) is 22.1 Å². The van der Waals surface area contributed by atoms with Crippen molar-refractivity contribution in [1.29, 1.82) is 0 Å². The first-order valence-corrected chi connectivity index (χ1v) is 11.1. The maximum atomic E-state index is 13.1. The lowest BCUT2D eigenvalue weighted by atomic mass is 9.96. The van der Waals surface area contributed by atoms with Crippen LogP contribution in [0, 0.1) is 0 Å². The molecule has 2 amide bonds. The number of carbonyl (C=O) groups excluding carboxylic acids is 2. The minimum atomic E-state index is -0.389. The van der Waals surface area contributed by atoms with Crippen molar-refractivity contribution in [3.05, 3.63) is 52.5 Å². The second kappa shape index (κ2) is 6.97. The van der Waals surface area contributed by atoms with E-state index >= 15 is 0 Å². The van der Waals surface area contributed by atoms with Crippen molar-refractivity contribution in [2.24, 2.45) is 12.8 Å². The van der Waals surface area contributed by atoms with Gasteiger partial charge in [-0.3, -0.25) is 14.9 Å². The Morgan fingerprint density at radius 2 is 1.64 bits per heavy atom. The van der Waals surface area contributed by atoms with Crippen molar-refractivity contribution in [2.75, 3.05) is 13.7 Å². The topological polar surface area (TPSA) is 91.3 Å². The van der Waals surface area contributed by atoms with E-state index in [9.17, 15) is 9.59 Å². The smallest absolute Gasteiger partial charge is 0.259 e. The first-order chi connectivity index (χ1) is 16.0. The molecule has 0 radical (unpaired) electrons. The number of halogens is 1. The summed E-state index contributed by atoms with van der Waals surface area (Å²) in [6, 6.07) is 11.5. The molecule has 0 fully saturated rings. The van der Waals surface area contributed by atoms with Crippen LogP contribution in [0.25, 0.3) is 43.6 Å². The monoisotopic (exact) mass is 460 g/mol. The lowest BCUT2D eigenvalue weighted by Gasteiger charge is -2.10. The summed E-state index contributed by atoms with van der Waals surface area (Å²) in [4.78, 5) is 26.2. The minimum absolute atomic E-state index is 0.387. The standard InChI is InChI=1S/C25H21ClN4O3/c1-29-16-7-5-13(33-2)11-15(16)18-20-21(25(32)28-24(20)31)19-14-10-12(26)4-6-17(14)30(9-3-8-27)23(19)22(18)29/h4-7,10-11H,3,8-9,27H2,1-2H3,(H,28,31,32). The van der Waals surface area contributed by atoms with Crippen LogP contribution in [-0.2, 0) is 13.6 Å². The fourth-order valence-electron chi connectivity index (χ4n) is 5.32. The Hall–Kier alpha value is -3.55. The van der Waals surface area contributed by atoms with Gasteiger partial charge in [-0.1, -0.05) is 11.6 Å². The van der Waals surface area contributed by atoms with Crippen LogP contribution in [0.3, 0.4) is 0 Å². The number of rotatable bonds is 4. The van der Waals surface area contributed by atoms with Gasteiger partial charge in [-0.15, -0.1) is 0 Å². The summed E-state index contributed by atoms with van der Waals surface area (Å²) >= 11 is 6.38. The summed E-state index contributed by atoms with van der Waals surface area (Å²) in [5.41, 5.74) is 10.3. The SMILES string of the molecule is COc1ccc2c(c1)c1c3c(c4c5cc(Cl)ccc5n(CCCN)c4c1n2C)C(=O)NC3=O. The Morgan fingerprint density at radius 3 is 2.33 bits per heavy atom. The highest BCUT2D eigenvalue weighted by Crippen LogP contribution is 2.45. The Morgan fingerprint density at radius 1 is 0.970 bits per heavy atom. The van der Waals surface area contributed by atoms with Gasteiger partial charge in [-0.2, -0.15) is 0 Å². The number of benzene rings is 3. The van der Waals surface area contributed by atoms with Gasteiger partial charge in [0.2, 0.25) is 0 Å². The Kier molecular flexibility index (Phi) is 4.24. The third kappa shape index (κ3) is 2.54. The number of fused-ring (bicyclic) bond motifs is 10. The van der Waals surface area contributed by atoms with Crippen molar-refractivity contribution < 1.29 is 14.3 Å². The second-order valence-electron chi connectivity index (χ2n) is 8.38. The molecule has 1 aliphatic rings. The number of carbonyl (C=O) groups is 2. The van der Waals surface area contributed by atoms with Crippen molar-refractivity contribution >= 4 is 67.0 Å². The summed E-state index contributed by atoms with van der Waals surface area (Å²) in [5, 5.41) is 6.30. The number of methoxy groups -OCH3 is 1. The summed E-state index contributed by atoms with van der Waals surface area (Å²) in [5.74, 6) is -0.0919. The van der Waals surface area contributed by atoms with Crippen molar-refractivity contribution in [3.8, 4) is 5.75 Å². The first-order valence-electron chi connectivity index (χ1n) is 10.8. The van der Waals surface area contributed by atoms with Crippen LogP contribution in [0.5, 0.6) is 5.75 Å². The molecule has 166 valence electrons. The molecular weight excluding hydrogens is 440 g/mol. The zero-order valence-corrected chi connectivity index (χ0v) is 18.9. The molecular formula is C25H21ClN4O3. The van der Waals surface area contributed by atoms with E-state index in [2.05, 4.69) is 14.5 Å². The Labute approximate surface area is 193 Å². The largest absolute Gasteiger partial charge is 0.497 e.